The molecule has 2 aliphatic rings. The van der Waals surface area contributed by atoms with Crippen molar-refractivity contribution in [1.82, 2.24) is 14.3 Å². The van der Waals surface area contributed by atoms with Gasteiger partial charge in [0.05, 0.1) is 10.5 Å². The maximum atomic E-state index is 13.6. The largest absolute Gasteiger partial charge is 0.356 e. The number of hydrogen-bond donors (Lipinski definition) is 0. The number of carbonyl (C=O) groups excluding carboxylic acids is 1. The van der Waals surface area contributed by atoms with Crippen molar-refractivity contribution in [3.05, 3.63) is 80.6 Å². The lowest BCUT2D eigenvalue weighted by molar-refractivity contribution is -0.122. The second-order valence-corrected chi connectivity index (χ2v) is 10.3. The van der Waals surface area contributed by atoms with Gasteiger partial charge in [0.1, 0.15) is 15.8 Å². The number of thiocarbonyl (C=S) groups is 1. The van der Waals surface area contributed by atoms with Crippen LogP contribution in [0, 0.1) is 6.92 Å². The number of amides is 1. The fraction of sp³-hybridized carbons (Fsp3) is 0.308. The summed E-state index contributed by atoms with van der Waals surface area (Å²) in [6.45, 7) is 4.18. The number of hydrogen-bond acceptors (Lipinski definition) is 6. The van der Waals surface area contributed by atoms with Crippen LogP contribution in [0.3, 0.4) is 0 Å². The van der Waals surface area contributed by atoms with Crippen LogP contribution in [0.5, 0.6) is 0 Å². The number of fused-ring (bicyclic) bond motifs is 1. The molecule has 4 heterocycles. The molecule has 1 amide bonds. The number of pyridine rings is 1. The number of nitrogens with zero attached hydrogens (tertiary/aromatic N) is 4. The Labute approximate surface area is 208 Å². The molecule has 0 saturated carbocycles. The molecule has 34 heavy (non-hydrogen) atoms. The van der Waals surface area contributed by atoms with Crippen LogP contribution >= 0.6 is 24.0 Å². The van der Waals surface area contributed by atoms with E-state index in [9.17, 15) is 9.59 Å². The van der Waals surface area contributed by atoms with Gasteiger partial charge in [-0.15, -0.1) is 0 Å². The molecule has 3 aromatic rings. The molecule has 0 spiro atoms. The van der Waals surface area contributed by atoms with Crippen LogP contribution in [0.1, 0.15) is 36.0 Å². The first-order valence-electron chi connectivity index (χ1n) is 11.6. The number of rotatable bonds is 5. The summed E-state index contributed by atoms with van der Waals surface area (Å²) >= 11 is 6.79. The number of aromatic nitrogens is 2. The Balaban J connectivity index is 1.52. The summed E-state index contributed by atoms with van der Waals surface area (Å²) in [5.41, 5.74) is 3.04. The predicted molar refractivity (Wildman–Crippen MR) is 142 cm³/mol. The van der Waals surface area contributed by atoms with Crippen LogP contribution in [0.25, 0.3) is 11.7 Å². The van der Waals surface area contributed by atoms with Gasteiger partial charge in [-0.05, 0) is 55.9 Å². The monoisotopic (exact) mass is 490 g/mol. The standard InChI is InChI=1S/C26H26N4O2S2/c1-18-9-8-15-29-22(18)27-23(28-13-6-3-7-14-28)20(24(29)31)17-21-25(32)30(26(33)34-21)16-12-19-10-4-2-5-11-19/h2,4-5,8-11,15,17H,3,6-7,12-14,16H2,1H3/b21-17+. The molecular formula is C26H26N4O2S2. The smallest absolute Gasteiger partial charge is 0.267 e. The van der Waals surface area contributed by atoms with E-state index in [2.05, 4.69) is 4.90 Å². The van der Waals surface area contributed by atoms with Crippen molar-refractivity contribution in [3.63, 3.8) is 0 Å². The summed E-state index contributed by atoms with van der Waals surface area (Å²) in [6, 6.07) is 13.8. The van der Waals surface area contributed by atoms with Gasteiger partial charge in [0.25, 0.3) is 11.5 Å². The molecule has 0 bridgehead atoms. The maximum absolute atomic E-state index is 13.6. The molecule has 6 nitrogen and oxygen atoms in total. The first kappa shape index (κ1) is 22.8. The molecule has 2 fully saturated rings. The normalized spacial score (nSPS) is 17.9. The fourth-order valence-corrected chi connectivity index (χ4v) is 5.77. The van der Waals surface area contributed by atoms with E-state index in [4.69, 9.17) is 17.2 Å². The second kappa shape index (κ2) is 9.72. The zero-order valence-electron chi connectivity index (χ0n) is 19.1. The first-order valence-corrected chi connectivity index (χ1v) is 12.8. The zero-order chi connectivity index (χ0) is 23.7. The van der Waals surface area contributed by atoms with E-state index in [1.54, 1.807) is 21.6 Å². The van der Waals surface area contributed by atoms with Gasteiger partial charge in [0.15, 0.2) is 0 Å². The van der Waals surface area contributed by atoms with Gasteiger partial charge in [-0.1, -0.05) is 60.4 Å². The van der Waals surface area contributed by atoms with Gasteiger partial charge in [0.2, 0.25) is 0 Å². The Kier molecular flexibility index (Phi) is 6.52. The minimum absolute atomic E-state index is 0.149. The van der Waals surface area contributed by atoms with Gasteiger partial charge < -0.3 is 4.90 Å². The lowest BCUT2D eigenvalue weighted by atomic mass is 10.1. The van der Waals surface area contributed by atoms with Crippen LogP contribution in [0.15, 0.2) is 58.4 Å². The highest BCUT2D eigenvalue weighted by molar-refractivity contribution is 8.26. The van der Waals surface area contributed by atoms with Gasteiger partial charge in [-0.2, -0.15) is 0 Å². The molecule has 174 valence electrons. The van der Waals surface area contributed by atoms with Crippen LogP contribution in [0.2, 0.25) is 0 Å². The number of benzene rings is 1. The highest BCUT2D eigenvalue weighted by atomic mass is 32.2. The van der Waals surface area contributed by atoms with Crippen molar-refractivity contribution in [2.24, 2.45) is 0 Å². The molecule has 0 atom stereocenters. The molecular weight excluding hydrogens is 464 g/mol. The predicted octanol–water partition coefficient (Wildman–Crippen LogP) is 4.44. The SMILES string of the molecule is Cc1cccn2c(=O)c(/C=C3/SC(=S)N(CCc4ccccc4)C3=O)c(N3CCCCC3)nc12. The molecule has 0 radical (unpaired) electrons. The molecule has 0 aliphatic carbocycles. The summed E-state index contributed by atoms with van der Waals surface area (Å²) in [5.74, 6) is 0.512. The van der Waals surface area contributed by atoms with E-state index in [1.807, 2.05) is 49.4 Å². The fourth-order valence-electron chi connectivity index (χ4n) is 4.48. The van der Waals surface area contributed by atoms with E-state index >= 15 is 0 Å². The number of piperidine rings is 1. The van der Waals surface area contributed by atoms with Crippen molar-refractivity contribution >= 4 is 51.7 Å². The number of anilines is 1. The topological polar surface area (TPSA) is 57.9 Å². The van der Waals surface area contributed by atoms with Crippen LogP contribution < -0.4 is 10.5 Å². The summed E-state index contributed by atoms with van der Waals surface area (Å²) in [7, 11) is 0. The van der Waals surface area contributed by atoms with E-state index < -0.39 is 0 Å². The molecule has 5 rings (SSSR count). The Bertz CT molecular complexity index is 1340. The third-order valence-corrected chi connectivity index (χ3v) is 7.71. The van der Waals surface area contributed by atoms with Gasteiger partial charge in [-0.25, -0.2) is 4.98 Å². The Hall–Kier alpha value is -2.97. The van der Waals surface area contributed by atoms with Crippen molar-refractivity contribution in [3.8, 4) is 0 Å². The van der Waals surface area contributed by atoms with Gasteiger partial charge in [0, 0.05) is 25.8 Å². The minimum Gasteiger partial charge on any atom is -0.356 e. The van der Waals surface area contributed by atoms with Crippen LogP contribution in [-0.2, 0) is 11.2 Å². The third-order valence-electron chi connectivity index (χ3n) is 6.34. The Morgan fingerprint density at radius 3 is 2.59 bits per heavy atom. The van der Waals surface area contributed by atoms with E-state index in [1.165, 1.54) is 18.2 Å². The van der Waals surface area contributed by atoms with E-state index in [0.717, 1.165) is 43.5 Å². The van der Waals surface area contributed by atoms with Crippen molar-refractivity contribution < 1.29 is 4.79 Å². The van der Waals surface area contributed by atoms with Crippen LogP contribution in [0.4, 0.5) is 5.82 Å². The first-order chi connectivity index (χ1) is 16.5. The number of thioether (sulfide) groups is 1. The highest BCUT2D eigenvalue weighted by Gasteiger charge is 2.32. The van der Waals surface area contributed by atoms with Gasteiger partial charge in [-0.3, -0.25) is 18.9 Å². The Morgan fingerprint density at radius 2 is 1.82 bits per heavy atom. The Morgan fingerprint density at radius 1 is 1.06 bits per heavy atom. The molecule has 2 aliphatic heterocycles. The molecule has 2 aromatic heterocycles. The van der Waals surface area contributed by atoms with Crippen LogP contribution in [-0.4, -0.2) is 44.1 Å². The summed E-state index contributed by atoms with van der Waals surface area (Å²) in [5, 5.41) is 0. The number of carbonyl (C=O) groups is 1. The quantitative estimate of drug-likeness (QED) is 0.389. The highest BCUT2D eigenvalue weighted by Crippen LogP contribution is 2.34. The lowest BCUT2D eigenvalue weighted by Gasteiger charge is -2.29. The average Bonchev–Trinajstić information content (AvgIpc) is 3.13. The molecule has 0 unspecified atom stereocenters. The van der Waals surface area contributed by atoms with Crippen molar-refractivity contribution in [2.75, 3.05) is 24.5 Å². The third kappa shape index (κ3) is 4.40. The molecule has 8 heteroatoms. The average molecular weight is 491 g/mol. The molecule has 2 saturated heterocycles. The molecule has 0 N–H and O–H groups in total. The number of aryl methyl sites for hydroxylation is 1. The van der Waals surface area contributed by atoms with Crippen molar-refractivity contribution in [2.45, 2.75) is 32.6 Å². The van der Waals surface area contributed by atoms with E-state index in [0.29, 0.717) is 32.8 Å². The summed E-state index contributed by atoms with van der Waals surface area (Å²) in [6.07, 6.45) is 7.47. The second-order valence-electron chi connectivity index (χ2n) is 8.66. The lowest BCUT2D eigenvalue weighted by Crippen LogP contribution is -2.34. The van der Waals surface area contributed by atoms with E-state index in [-0.39, 0.29) is 11.5 Å². The minimum atomic E-state index is -0.163. The van der Waals surface area contributed by atoms with Crippen molar-refractivity contribution in [1.29, 1.82) is 0 Å². The zero-order valence-corrected chi connectivity index (χ0v) is 20.7. The summed E-state index contributed by atoms with van der Waals surface area (Å²) < 4.78 is 2.10. The summed E-state index contributed by atoms with van der Waals surface area (Å²) in [4.78, 5) is 36.1. The molecule has 1 aromatic carbocycles. The maximum Gasteiger partial charge on any atom is 0.267 e. The van der Waals surface area contributed by atoms with Gasteiger partial charge >= 0.3 is 0 Å².